The molecule has 3 amide bonds. The van der Waals surface area contributed by atoms with E-state index in [0.717, 1.165) is 50.1 Å². The molecule has 31 heavy (non-hydrogen) atoms. The van der Waals surface area contributed by atoms with Gasteiger partial charge in [0.1, 0.15) is 6.23 Å². The van der Waals surface area contributed by atoms with Gasteiger partial charge in [-0.2, -0.15) is 0 Å². The van der Waals surface area contributed by atoms with Crippen molar-refractivity contribution < 1.29 is 19.4 Å². The van der Waals surface area contributed by atoms with E-state index in [4.69, 9.17) is 9.84 Å². The second-order valence-electron chi connectivity index (χ2n) is 8.56. The highest BCUT2D eigenvalue weighted by molar-refractivity contribution is 5.78. The van der Waals surface area contributed by atoms with Gasteiger partial charge in [0.2, 0.25) is 5.91 Å². The average molecular weight is 432 g/mol. The maximum atomic E-state index is 12.4. The number of β-amino-alcohol motifs (C(OH)–C–C–N with tert-alkyl or cyclic N) is 1. The third kappa shape index (κ3) is 5.74. The zero-order chi connectivity index (χ0) is 21.6. The quantitative estimate of drug-likeness (QED) is 0.485. The van der Waals surface area contributed by atoms with E-state index in [-0.39, 0.29) is 36.7 Å². The lowest BCUT2D eigenvalue weighted by atomic mass is 9.85. The van der Waals surface area contributed by atoms with Crippen LogP contribution in [-0.4, -0.2) is 85.6 Å². The van der Waals surface area contributed by atoms with Gasteiger partial charge in [-0.1, -0.05) is 24.3 Å². The van der Waals surface area contributed by atoms with E-state index in [1.165, 1.54) is 0 Å². The molecule has 3 atom stereocenters. The van der Waals surface area contributed by atoms with E-state index in [9.17, 15) is 9.59 Å². The minimum Gasteiger partial charge on any atom is -0.395 e. The van der Waals surface area contributed by atoms with Crippen LogP contribution in [0.1, 0.15) is 30.0 Å². The second kappa shape index (κ2) is 10.4. The van der Waals surface area contributed by atoms with Crippen LogP contribution in [-0.2, 0) is 16.1 Å². The summed E-state index contributed by atoms with van der Waals surface area (Å²) in [7, 11) is 0. The van der Waals surface area contributed by atoms with Gasteiger partial charge < -0.3 is 25.8 Å². The van der Waals surface area contributed by atoms with Crippen LogP contribution in [0.4, 0.5) is 4.79 Å². The molecule has 3 aliphatic rings. The molecule has 3 saturated heterocycles. The Kier molecular flexibility index (Phi) is 7.39. The number of amides is 3. The summed E-state index contributed by atoms with van der Waals surface area (Å²) < 4.78 is 5.76. The van der Waals surface area contributed by atoms with Crippen molar-refractivity contribution in [3.05, 3.63) is 35.4 Å². The molecule has 0 saturated carbocycles. The first-order chi connectivity index (χ1) is 15.1. The maximum Gasteiger partial charge on any atom is 0.317 e. The SMILES string of the molecule is O=C(CN1CCN(CCO)CC1)NCc1cccc([C@@H]2NC(=O)N[C@H]3OCCC[C@H]32)c1. The van der Waals surface area contributed by atoms with Gasteiger partial charge in [0.05, 0.1) is 19.2 Å². The molecule has 170 valence electrons. The van der Waals surface area contributed by atoms with E-state index < -0.39 is 0 Å². The van der Waals surface area contributed by atoms with Gasteiger partial charge in [-0.15, -0.1) is 0 Å². The molecule has 4 rings (SSSR count). The van der Waals surface area contributed by atoms with Gasteiger partial charge in [0.15, 0.2) is 0 Å². The number of fused-ring (bicyclic) bond motifs is 1. The first kappa shape index (κ1) is 22.0. The first-order valence-corrected chi connectivity index (χ1v) is 11.2. The van der Waals surface area contributed by atoms with E-state index >= 15 is 0 Å². The minimum atomic E-state index is -0.242. The van der Waals surface area contributed by atoms with Crippen molar-refractivity contribution in [2.45, 2.75) is 31.7 Å². The van der Waals surface area contributed by atoms with Crippen LogP contribution >= 0.6 is 0 Å². The lowest BCUT2D eigenvalue weighted by Crippen LogP contribution is -2.58. The topological polar surface area (TPSA) is 106 Å². The molecule has 1 aromatic carbocycles. The number of nitrogens with one attached hydrogen (secondary N) is 3. The molecule has 3 fully saturated rings. The smallest absolute Gasteiger partial charge is 0.317 e. The Bertz CT molecular complexity index is 768. The number of carbonyl (C=O) groups excluding carboxylic acids is 2. The van der Waals surface area contributed by atoms with Crippen molar-refractivity contribution in [1.29, 1.82) is 0 Å². The molecule has 3 heterocycles. The first-order valence-electron chi connectivity index (χ1n) is 11.2. The van der Waals surface area contributed by atoms with Crippen molar-refractivity contribution in [3.63, 3.8) is 0 Å². The van der Waals surface area contributed by atoms with Crippen molar-refractivity contribution >= 4 is 11.9 Å². The lowest BCUT2D eigenvalue weighted by molar-refractivity contribution is -0.122. The number of ether oxygens (including phenoxy) is 1. The zero-order valence-electron chi connectivity index (χ0n) is 17.9. The summed E-state index contributed by atoms with van der Waals surface area (Å²) in [5, 5.41) is 18.0. The number of urea groups is 1. The summed E-state index contributed by atoms with van der Waals surface area (Å²) in [5.41, 5.74) is 2.06. The van der Waals surface area contributed by atoms with E-state index in [1.54, 1.807) is 0 Å². The Labute approximate surface area is 183 Å². The van der Waals surface area contributed by atoms with Crippen LogP contribution in [0, 0.1) is 5.92 Å². The number of benzene rings is 1. The average Bonchev–Trinajstić information content (AvgIpc) is 2.79. The molecule has 4 N–H and O–H groups in total. The van der Waals surface area contributed by atoms with Gasteiger partial charge in [-0.3, -0.25) is 14.6 Å². The highest BCUT2D eigenvalue weighted by atomic mass is 16.5. The van der Waals surface area contributed by atoms with Crippen molar-refractivity contribution in [2.75, 3.05) is 52.5 Å². The van der Waals surface area contributed by atoms with E-state index in [2.05, 4.69) is 31.8 Å². The Morgan fingerprint density at radius 3 is 2.81 bits per heavy atom. The summed E-state index contributed by atoms with van der Waals surface area (Å²) in [4.78, 5) is 28.8. The number of piperazine rings is 1. The molecular formula is C22H33N5O4. The van der Waals surface area contributed by atoms with Gasteiger partial charge in [0.25, 0.3) is 0 Å². The molecule has 9 nitrogen and oxygen atoms in total. The molecular weight excluding hydrogens is 398 g/mol. The predicted molar refractivity (Wildman–Crippen MR) is 115 cm³/mol. The molecule has 0 bridgehead atoms. The number of nitrogens with zero attached hydrogens (tertiary/aromatic N) is 2. The van der Waals surface area contributed by atoms with Gasteiger partial charge in [-0.05, 0) is 24.0 Å². The normalized spacial score (nSPS) is 27.1. The third-order valence-corrected chi connectivity index (χ3v) is 6.40. The van der Waals surface area contributed by atoms with Crippen molar-refractivity contribution in [1.82, 2.24) is 25.8 Å². The van der Waals surface area contributed by atoms with Gasteiger partial charge in [0, 0.05) is 51.8 Å². The highest BCUT2D eigenvalue weighted by Crippen LogP contribution is 2.34. The van der Waals surface area contributed by atoms with Crippen molar-refractivity contribution in [2.24, 2.45) is 5.92 Å². The fourth-order valence-electron chi connectivity index (χ4n) is 4.71. The monoisotopic (exact) mass is 431 g/mol. The number of hydrogen-bond acceptors (Lipinski definition) is 6. The molecule has 0 unspecified atom stereocenters. The Balaban J connectivity index is 1.29. The Morgan fingerprint density at radius 1 is 1.19 bits per heavy atom. The fourth-order valence-corrected chi connectivity index (χ4v) is 4.71. The van der Waals surface area contributed by atoms with Crippen LogP contribution in [0.3, 0.4) is 0 Å². The molecule has 9 heteroatoms. The van der Waals surface area contributed by atoms with E-state index in [0.29, 0.717) is 26.2 Å². The lowest BCUT2D eigenvalue weighted by Gasteiger charge is -2.42. The standard InChI is InChI=1S/C22H33N5O4/c28-11-10-26-6-8-27(9-7-26)15-19(29)23-14-16-3-1-4-17(13-16)20-18-5-2-12-31-21(18)25-22(30)24-20/h1,3-4,13,18,20-21,28H,2,5-12,14-15H2,(H,23,29)(H2,24,25,30)/t18-,20-,21-/m0/s1. The number of carbonyl (C=O) groups is 2. The summed E-state index contributed by atoms with van der Waals surface area (Å²) in [5.74, 6) is 0.206. The van der Waals surface area contributed by atoms with Gasteiger partial charge in [-0.25, -0.2) is 4.79 Å². The highest BCUT2D eigenvalue weighted by Gasteiger charge is 2.39. The van der Waals surface area contributed by atoms with E-state index in [1.807, 2.05) is 18.2 Å². The Morgan fingerprint density at radius 2 is 2.00 bits per heavy atom. The summed E-state index contributed by atoms with van der Waals surface area (Å²) in [6.45, 7) is 5.82. The third-order valence-electron chi connectivity index (χ3n) is 6.40. The molecule has 3 aliphatic heterocycles. The summed E-state index contributed by atoms with van der Waals surface area (Å²) in [6, 6.07) is 7.77. The number of aliphatic hydroxyl groups is 1. The van der Waals surface area contributed by atoms with Crippen LogP contribution in [0.2, 0.25) is 0 Å². The maximum absolute atomic E-state index is 12.4. The summed E-state index contributed by atoms with van der Waals surface area (Å²) in [6.07, 6.45) is 1.74. The number of hydrogen-bond donors (Lipinski definition) is 4. The number of rotatable bonds is 7. The van der Waals surface area contributed by atoms with Crippen LogP contribution in [0.25, 0.3) is 0 Å². The van der Waals surface area contributed by atoms with Crippen LogP contribution in [0.5, 0.6) is 0 Å². The van der Waals surface area contributed by atoms with Crippen molar-refractivity contribution in [3.8, 4) is 0 Å². The molecule has 0 aromatic heterocycles. The fraction of sp³-hybridized carbons (Fsp3) is 0.636. The zero-order valence-corrected chi connectivity index (χ0v) is 17.9. The molecule has 1 aromatic rings. The second-order valence-corrected chi connectivity index (χ2v) is 8.56. The summed E-state index contributed by atoms with van der Waals surface area (Å²) >= 11 is 0. The number of aliphatic hydroxyl groups excluding tert-OH is 1. The minimum absolute atomic E-state index is 0.0110. The molecule has 0 radical (unpaired) electrons. The van der Waals surface area contributed by atoms with Crippen LogP contribution < -0.4 is 16.0 Å². The predicted octanol–water partition coefficient (Wildman–Crippen LogP) is 0.0193. The molecule has 0 spiro atoms. The molecule has 0 aliphatic carbocycles. The van der Waals surface area contributed by atoms with Crippen LogP contribution in [0.15, 0.2) is 24.3 Å². The largest absolute Gasteiger partial charge is 0.395 e. The Hall–Kier alpha value is -2.20. The van der Waals surface area contributed by atoms with Gasteiger partial charge >= 0.3 is 6.03 Å².